The van der Waals surface area contributed by atoms with Crippen LogP contribution >= 0.6 is 0 Å². The molecule has 2 aromatic heterocycles. The van der Waals surface area contributed by atoms with Gasteiger partial charge in [-0.15, -0.1) is 0 Å². The van der Waals surface area contributed by atoms with Gasteiger partial charge in [0.2, 0.25) is 11.7 Å². The van der Waals surface area contributed by atoms with Gasteiger partial charge >= 0.3 is 6.09 Å². The summed E-state index contributed by atoms with van der Waals surface area (Å²) in [5.41, 5.74) is 4.14. The average Bonchev–Trinajstić information content (AvgIpc) is 3.57. The topological polar surface area (TPSA) is 123 Å². The minimum atomic E-state index is -1.09. The number of fused-ring (bicyclic) bond motifs is 2. The van der Waals surface area contributed by atoms with Gasteiger partial charge in [0.1, 0.15) is 11.6 Å². The molecule has 1 aliphatic heterocycles. The highest BCUT2D eigenvalue weighted by Crippen LogP contribution is 2.32. The smallest absolute Gasteiger partial charge is 0.408 e. The van der Waals surface area contributed by atoms with E-state index < -0.39 is 24.3 Å². The van der Waals surface area contributed by atoms with Crippen LogP contribution in [0.25, 0.3) is 33.7 Å². The average molecular weight is 546 g/mol. The quantitative estimate of drug-likeness (QED) is 0.360. The normalized spacial score (nSPS) is 14.3. The predicted octanol–water partition coefficient (Wildman–Crippen LogP) is 4.71. The molecule has 0 radical (unpaired) electrons. The van der Waals surface area contributed by atoms with Crippen molar-refractivity contribution in [2.75, 3.05) is 13.2 Å². The summed E-state index contributed by atoms with van der Waals surface area (Å²) in [7, 11) is 0. The maximum Gasteiger partial charge on any atom is 0.408 e. The standard InChI is InChI=1S/C30H35N5O5/c1-18(2)35-14-11-19-15-20(9-10-25(19)35)27-32-26(33-40-27)23-8-6-7-21-16-34(13-12-22(21)23)28(37)24(17-36)31-29(38)39-30(3,4)5/h6-11,14-15,18,24,36H,12-13,16-17H2,1-5H3,(H,31,38)/t24-/m0/s1. The van der Waals surface area contributed by atoms with Crippen molar-refractivity contribution in [3.8, 4) is 22.8 Å². The molecule has 10 nitrogen and oxygen atoms in total. The minimum Gasteiger partial charge on any atom is -0.444 e. The van der Waals surface area contributed by atoms with Gasteiger partial charge in [-0.25, -0.2) is 4.79 Å². The van der Waals surface area contributed by atoms with E-state index in [1.807, 2.05) is 24.3 Å². The zero-order valence-electron chi connectivity index (χ0n) is 23.5. The summed E-state index contributed by atoms with van der Waals surface area (Å²) >= 11 is 0. The summed E-state index contributed by atoms with van der Waals surface area (Å²) in [6.45, 7) is 9.73. The van der Waals surface area contributed by atoms with Crippen molar-refractivity contribution in [3.63, 3.8) is 0 Å². The van der Waals surface area contributed by atoms with Gasteiger partial charge in [-0.2, -0.15) is 4.98 Å². The highest BCUT2D eigenvalue weighted by molar-refractivity contribution is 5.86. The van der Waals surface area contributed by atoms with Crippen molar-refractivity contribution in [1.82, 2.24) is 24.9 Å². The van der Waals surface area contributed by atoms with Crippen LogP contribution in [-0.4, -0.2) is 61.5 Å². The number of benzene rings is 2. The Balaban J connectivity index is 1.33. The molecule has 0 saturated carbocycles. The summed E-state index contributed by atoms with van der Waals surface area (Å²) < 4.78 is 13.1. The number of rotatable bonds is 6. The fraction of sp³-hybridized carbons (Fsp3) is 0.400. The number of nitrogens with zero attached hydrogens (tertiary/aromatic N) is 4. The van der Waals surface area contributed by atoms with Gasteiger partial charge in [0.15, 0.2) is 0 Å². The number of nitrogens with one attached hydrogen (secondary N) is 1. The molecule has 0 unspecified atom stereocenters. The molecule has 10 heteroatoms. The van der Waals surface area contributed by atoms with Crippen LogP contribution in [0, 0.1) is 0 Å². The molecule has 0 spiro atoms. The second-order valence-corrected chi connectivity index (χ2v) is 11.3. The van der Waals surface area contributed by atoms with Crippen molar-refractivity contribution in [2.24, 2.45) is 0 Å². The van der Waals surface area contributed by atoms with Crippen molar-refractivity contribution < 1.29 is 24.0 Å². The fourth-order valence-electron chi connectivity index (χ4n) is 5.06. The van der Waals surface area contributed by atoms with Crippen molar-refractivity contribution in [3.05, 3.63) is 59.8 Å². The van der Waals surface area contributed by atoms with Gasteiger partial charge < -0.3 is 29.2 Å². The number of hydrogen-bond donors (Lipinski definition) is 2. The van der Waals surface area contributed by atoms with Crippen molar-refractivity contribution in [1.29, 1.82) is 0 Å². The Morgan fingerprint density at radius 2 is 1.98 bits per heavy atom. The summed E-state index contributed by atoms with van der Waals surface area (Å²) in [5.74, 6) is 0.567. The van der Waals surface area contributed by atoms with Crippen molar-refractivity contribution in [2.45, 2.75) is 65.3 Å². The van der Waals surface area contributed by atoms with Gasteiger partial charge in [0, 0.05) is 47.4 Å². The number of hydrogen-bond acceptors (Lipinski definition) is 7. The predicted molar refractivity (Wildman–Crippen MR) is 150 cm³/mol. The second-order valence-electron chi connectivity index (χ2n) is 11.3. The Kier molecular flexibility index (Phi) is 7.37. The molecule has 2 amide bonds. The van der Waals surface area contributed by atoms with Crippen LogP contribution in [0.15, 0.2) is 53.2 Å². The molecule has 1 aliphatic rings. The van der Waals surface area contributed by atoms with E-state index in [4.69, 9.17) is 14.2 Å². The number of aliphatic hydroxyl groups is 1. The zero-order valence-corrected chi connectivity index (χ0v) is 23.5. The lowest BCUT2D eigenvalue weighted by molar-refractivity contribution is -0.135. The summed E-state index contributed by atoms with van der Waals surface area (Å²) in [5, 5.41) is 17.7. The summed E-state index contributed by atoms with van der Waals surface area (Å²) in [6.07, 6.45) is 1.91. The molecule has 0 aliphatic carbocycles. The van der Waals surface area contributed by atoms with Crippen LogP contribution in [0.2, 0.25) is 0 Å². The molecule has 5 rings (SSSR count). The first-order valence-corrected chi connectivity index (χ1v) is 13.5. The van der Waals surface area contributed by atoms with Crippen LogP contribution in [0.4, 0.5) is 4.79 Å². The van der Waals surface area contributed by atoms with Gasteiger partial charge in [-0.1, -0.05) is 23.4 Å². The van der Waals surface area contributed by atoms with Crippen LogP contribution in [0.1, 0.15) is 51.8 Å². The molecular formula is C30H35N5O5. The Bertz CT molecular complexity index is 1550. The Hall–Kier alpha value is -4.18. The fourth-order valence-corrected chi connectivity index (χ4v) is 5.06. The molecular weight excluding hydrogens is 510 g/mol. The zero-order chi connectivity index (χ0) is 28.6. The maximum atomic E-state index is 13.1. The van der Waals surface area contributed by atoms with Gasteiger partial charge in [-0.3, -0.25) is 4.79 Å². The Morgan fingerprint density at radius 1 is 1.18 bits per heavy atom. The van der Waals surface area contributed by atoms with E-state index in [1.165, 1.54) is 0 Å². The van der Waals surface area contributed by atoms with E-state index in [9.17, 15) is 14.7 Å². The molecule has 2 aromatic carbocycles. The lowest BCUT2D eigenvalue weighted by Gasteiger charge is -2.32. The molecule has 40 heavy (non-hydrogen) atoms. The summed E-state index contributed by atoms with van der Waals surface area (Å²) in [4.78, 5) is 31.6. The van der Waals surface area contributed by atoms with Gasteiger partial charge in [0.25, 0.3) is 5.89 Å². The van der Waals surface area contributed by atoms with E-state index >= 15 is 0 Å². The van der Waals surface area contributed by atoms with Crippen LogP contribution < -0.4 is 5.32 Å². The van der Waals surface area contributed by atoms with Crippen LogP contribution in [-0.2, 0) is 22.5 Å². The lowest BCUT2D eigenvalue weighted by atomic mass is 9.93. The SMILES string of the molecule is CC(C)n1ccc2cc(-c3nc(-c4cccc5c4CCN(C(=O)[C@H](CO)NC(=O)OC(C)(C)C)C5)no3)ccc21. The van der Waals surface area contributed by atoms with Crippen LogP contribution in [0.3, 0.4) is 0 Å². The summed E-state index contributed by atoms with van der Waals surface area (Å²) in [6, 6.07) is 13.3. The third-order valence-corrected chi connectivity index (χ3v) is 6.94. The first kappa shape index (κ1) is 27.4. The number of aliphatic hydroxyl groups excluding tert-OH is 1. The van der Waals surface area contributed by atoms with E-state index in [2.05, 4.69) is 53.3 Å². The molecule has 0 bridgehead atoms. The van der Waals surface area contributed by atoms with E-state index in [0.29, 0.717) is 37.3 Å². The van der Waals surface area contributed by atoms with Crippen molar-refractivity contribution >= 4 is 22.9 Å². The number of aromatic nitrogens is 3. The number of carbonyl (C=O) groups is 2. The highest BCUT2D eigenvalue weighted by atomic mass is 16.6. The van der Waals surface area contributed by atoms with Gasteiger partial charge in [0.05, 0.1) is 6.61 Å². The first-order chi connectivity index (χ1) is 19.0. The molecule has 0 fully saturated rings. The van der Waals surface area contributed by atoms with E-state index in [-0.39, 0.29) is 5.91 Å². The molecule has 4 aromatic rings. The minimum absolute atomic E-state index is 0.336. The third-order valence-electron chi connectivity index (χ3n) is 6.94. The van der Waals surface area contributed by atoms with E-state index in [1.54, 1.807) is 25.7 Å². The monoisotopic (exact) mass is 545 g/mol. The lowest BCUT2D eigenvalue weighted by Crippen LogP contribution is -2.52. The number of carbonyl (C=O) groups excluding carboxylic acids is 2. The molecule has 1 atom stereocenters. The Labute approximate surface area is 232 Å². The Morgan fingerprint density at radius 3 is 2.70 bits per heavy atom. The number of amides is 2. The molecule has 0 saturated heterocycles. The highest BCUT2D eigenvalue weighted by Gasteiger charge is 2.31. The van der Waals surface area contributed by atoms with Crippen LogP contribution in [0.5, 0.6) is 0 Å². The molecule has 3 heterocycles. The number of alkyl carbamates (subject to hydrolysis) is 1. The second kappa shape index (κ2) is 10.8. The third kappa shape index (κ3) is 5.58. The molecule has 210 valence electrons. The number of ether oxygens (including phenoxy) is 1. The largest absolute Gasteiger partial charge is 0.444 e. The van der Waals surface area contributed by atoms with E-state index in [0.717, 1.165) is 33.2 Å². The molecule has 2 N–H and O–H groups in total. The maximum absolute atomic E-state index is 13.1. The first-order valence-electron chi connectivity index (χ1n) is 13.5. The van der Waals surface area contributed by atoms with Gasteiger partial charge in [-0.05, 0) is 76.4 Å².